The zero-order valence-corrected chi connectivity index (χ0v) is 81.9. The van der Waals surface area contributed by atoms with Crippen LogP contribution in [-0.2, 0) is 71.6 Å². The summed E-state index contributed by atoms with van der Waals surface area (Å²) in [7, 11) is 4.25. The van der Waals surface area contributed by atoms with Gasteiger partial charge in [0.15, 0.2) is 0 Å². The zero-order chi connectivity index (χ0) is 99.3. The van der Waals surface area contributed by atoms with Gasteiger partial charge in [-0.2, -0.15) is 0 Å². The summed E-state index contributed by atoms with van der Waals surface area (Å²) in [5.74, 6) is 0.888. The Morgan fingerprint density at radius 3 is 0.724 bits per heavy atom. The van der Waals surface area contributed by atoms with E-state index in [-0.39, 0.29) is 136 Å². The number of rotatable bonds is 29. The Morgan fingerprint density at radius 2 is 0.520 bits per heavy atom. The third kappa shape index (κ3) is 49.8. The summed E-state index contributed by atoms with van der Waals surface area (Å²) < 4.78 is 49.3. The molecule has 0 radical (unpaired) electrons. The predicted octanol–water partition coefficient (Wildman–Crippen LogP) is 21.1. The van der Waals surface area contributed by atoms with Gasteiger partial charge < -0.3 is 83.1 Å². The van der Waals surface area contributed by atoms with Crippen LogP contribution in [0.15, 0.2) is 133 Å². The minimum atomic E-state index is -0.567. The van der Waals surface area contributed by atoms with Crippen molar-refractivity contribution < 1.29 is 131 Å². The molecule has 0 saturated carbocycles. The van der Waals surface area contributed by atoms with Crippen LogP contribution in [0.2, 0.25) is 0 Å². The van der Waals surface area contributed by atoms with Crippen molar-refractivity contribution in [2.24, 2.45) is 55.2 Å². The Balaban J connectivity index is -0.000000669. The van der Waals surface area contributed by atoms with E-state index in [0.29, 0.717) is 40.6 Å². The molecule has 27 nitrogen and oxygen atoms in total. The van der Waals surface area contributed by atoms with Gasteiger partial charge in [-0.05, 0) is 291 Å². The zero-order valence-electron chi connectivity index (χ0n) is 81.9. The molecule has 0 aliphatic heterocycles. The number of carbonyl (C=O) groups excluding carboxylic acids is 10. The maximum atomic E-state index is 12.1. The van der Waals surface area contributed by atoms with Crippen molar-refractivity contribution in [1.29, 1.82) is 0 Å². The second-order valence-electron chi connectivity index (χ2n) is 34.9. The Morgan fingerprint density at radius 1 is 0.299 bits per heavy atom. The monoisotopic (exact) mass is 1790 g/mol. The van der Waals surface area contributed by atoms with Crippen LogP contribution in [0.4, 0.5) is 0 Å². The fourth-order valence-corrected chi connectivity index (χ4v) is 7.57. The van der Waals surface area contributed by atoms with Crippen molar-refractivity contribution in [2.75, 3.05) is 41.2 Å². The van der Waals surface area contributed by atoms with E-state index >= 15 is 0 Å². The van der Waals surface area contributed by atoms with Crippen LogP contribution in [0.3, 0.4) is 0 Å². The number of aliphatic hydroxyl groups excluding tert-OH is 2. The first-order valence-electron chi connectivity index (χ1n) is 43.1. The maximum absolute atomic E-state index is 12.1. The van der Waals surface area contributed by atoms with Gasteiger partial charge >= 0.3 is 59.7 Å². The fourth-order valence-electron chi connectivity index (χ4n) is 7.57. The number of methoxy groups -OCH3 is 3. The second kappa shape index (κ2) is 60.8. The van der Waals surface area contributed by atoms with Crippen molar-refractivity contribution in [2.45, 2.75) is 271 Å². The minimum absolute atomic E-state index is 0.0495. The molecule has 0 saturated heterocycles. The van der Waals surface area contributed by atoms with Crippen LogP contribution >= 0.6 is 0 Å². The van der Waals surface area contributed by atoms with Crippen LogP contribution in [0, 0.1) is 55.2 Å². The summed E-state index contributed by atoms with van der Waals surface area (Å²) in [6.07, 6.45) is 7.06. The summed E-state index contributed by atoms with van der Waals surface area (Å²) in [5.41, 5.74) is -3.34. The third-order valence-electron chi connectivity index (χ3n) is 21.1. The number of aromatic hydroxyl groups is 5. The lowest BCUT2D eigenvalue weighted by atomic mass is 9.90. The lowest BCUT2D eigenvalue weighted by Crippen LogP contribution is -2.28. The van der Waals surface area contributed by atoms with Gasteiger partial charge in [-0.15, -0.1) is 0 Å². The molecule has 6 aromatic rings. The Kier molecular flexibility index (Phi) is 58.6. The number of ether oxygens (including phenoxy) is 10. The Bertz CT molecular complexity index is 3840. The maximum Gasteiger partial charge on any atom is 0.316 e. The smallest absolute Gasteiger partial charge is 0.316 e. The van der Waals surface area contributed by atoms with E-state index in [1.165, 1.54) is 69.9 Å². The molecule has 0 aromatic heterocycles. The average Bonchev–Trinajstić information content (AvgIpc) is 0.795. The number of hydrogen-bond acceptors (Lipinski definition) is 27. The fraction of sp³-hybridized carbons (Fsp3) is 0.560. The van der Waals surface area contributed by atoms with E-state index in [0.717, 1.165) is 63.2 Å². The molecule has 6 aromatic carbocycles. The van der Waals surface area contributed by atoms with Crippen molar-refractivity contribution in [1.82, 2.24) is 0 Å². The van der Waals surface area contributed by atoms with E-state index in [2.05, 4.69) is 18.9 Å². The lowest BCUT2D eigenvalue weighted by molar-refractivity contribution is -0.151. The molecule has 0 spiro atoms. The molecule has 0 fully saturated rings. The number of hydrogen-bond donors (Lipinski definition) is 7. The summed E-state index contributed by atoms with van der Waals surface area (Å²) in [5, 5.41) is 64.5. The first-order chi connectivity index (χ1) is 58.7. The number of phenols is 5. The van der Waals surface area contributed by atoms with E-state index in [1.54, 1.807) is 80.6 Å². The molecule has 716 valence electrons. The molecule has 127 heavy (non-hydrogen) atoms. The highest BCUT2D eigenvalue weighted by atomic mass is 16.6. The highest BCUT2D eigenvalue weighted by molar-refractivity contribution is 5.95. The van der Waals surface area contributed by atoms with E-state index in [9.17, 15) is 53.1 Å². The average molecular weight is 1790 g/mol. The van der Waals surface area contributed by atoms with Crippen LogP contribution in [0.1, 0.15) is 265 Å². The van der Waals surface area contributed by atoms with E-state index < -0.39 is 33.2 Å². The summed E-state index contributed by atoms with van der Waals surface area (Å²) in [6, 6.07) is 34.9. The number of aliphatic hydroxyl groups is 2. The quantitative estimate of drug-likeness (QED) is 0.0130. The van der Waals surface area contributed by atoms with Gasteiger partial charge in [-0.1, -0.05) is 107 Å². The molecule has 0 aliphatic carbocycles. The number of benzene rings is 6. The van der Waals surface area contributed by atoms with Crippen molar-refractivity contribution in [3.8, 4) is 57.5 Å². The Hall–Kier alpha value is -10.8. The highest BCUT2D eigenvalue weighted by Gasteiger charge is 2.33. The summed E-state index contributed by atoms with van der Waals surface area (Å²) in [4.78, 5) is 113. The van der Waals surface area contributed by atoms with Crippen LogP contribution in [0.25, 0.3) is 10.8 Å². The minimum Gasteiger partial charge on any atom is -0.508 e. The molecule has 0 aliphatic rings. The SMILES string of the molecule is CCC(C)(C)C(=O)OC.CCC(C)(C)C(=O)OC.CCC(C)(C)C(=O)OC.CCC(C)(C)C(=O)Oc1ccc(O)c2ccccc12.CCC(C)(C)C(=O)Oc1ccc(O)cc1.CCC(C)(C)C(=O)Oc1ccc(O)cc1.CCC(C)(C)C(=O)Oc1ccc(O)cc1.CCC(C)(C)C(=O)Oc1ccc(O)cc1.CCC(C)C(=O)OCC(C)O.CCC(C)C(=O)OCCO. The van der Waals surface area contributed by atoms with Gasteiger partial charge in [0.1, 0.15) is 70.7 Å². The molecule has 0 bridgehead atoms. The molecule has 27 heteroatoms. The van der Waals surface area contributed by atoms with Crippen molar-refractivity contribution in [3.05, 3.63) is 133 Å². The first kappa shape index (κ1) is 122. The van der Waals surface area contributed by atoms with Crippen molar-refractivity contribution >= 4 is 70.5 Å². The normalized spacial score (nSPS) is 11.7. The molecule has 3 unspecified atom stereocenters. The lowest BCUT2D eigenvalue weighted by Gasteiger charge is -2.20. The number of esters is 10. The van der Waals surface area contributed by atoms with Gasteiger partial charge in [-0.25, -0.2) is 0 Å². The molecular formula is C100H154O27. The van der Waals surface area contributed by atoms with E-state index in [1.807, 2.05) is 205 Å². The van der Waals surface area contributed by atoms with Gasteiger partial charge in [-0.3, -0.25) is 47.9 Å². The highest BCUT2D eigenvalue weighted by Crippen LogP contribution is 2.35. The molecule has 6 rings (SSSR count). The molecule has 0 heterocycles. The third-order valence-corrected chi connectivity index (χ3v) is 21.1. The summed E-state index contributed by atoms with van der Waals surface area (Å²) >= 11 is 0. The van der Waals surface area contributed by atoms with E-state index in [4.69, 9.17) is 59.1 Å². The largest absolute Gasteiger partial charge is 0.508 e. The van der Waals surface area contributed by atoms with Crippen molar-refractivity contribution in [3.63, 3.8) is 0 Å². The van der Waals surface area contributed by atoms with Gasteiger partial charge in [0, 0.05) is 10.8 Å². The standard InChI is InChI=1S/C16H18O3.4C12H16O3.C8H16O3.C7H14O3.3C7H14O2/c1-4-16(2,3)15(18)19-14-10-9-13(17)11-7-5-6-8-12(11)14;4*1-4-12(2,3)11(14)15-10-7-5-9(13)6-8-10;1-4-6(2)8(10)11-5-7(3)9;1-3-6(2)7(9)10-5-4-8;3*1-5-7(2,3)6(8)9-4/h5-10,17H,4H2,1-3H3;4*5-8,13H,4H2,1-3H3;6-7,9H,4-5H2,1-3H3;6,8H,3-5H2,1-2H3;3*5H2,1-4H3. The Labute approximate surface area is 756 Å². The first-order valence-corrected chi connectivity index (χ1v) is 43.1. The number of phenolic OH excluding ortho intramolecular Hbond substituents is 5. The number of carbonyl (C=O) groups is 10. The van der Waals surface area contributed by atoms with Crippen LogP contribution < -0.4 is 23.7 Å². The molecule has 3 atom stereocenters. The predicted molar refractivity (Wildman–Crippen MR) is 494 cm³/mol. The van der Waals surface area contributed by atoms with Crippen LogP contribution in [-0.4, -0.2) is 143 Å². The molecule has 0 amide bonds. The van der Waals surface area contributed by atoms with Gasteiger partial charge in [0.05, 0.1) is 89.2 Å². The molecular weight excluding hydrogens is 1630 g/mol. The number of fused-ring (bicyclic) bond motifs is 1. The van der Waals surface area contributed by atoms with Crippen LogP contribution in [0.5, 0.6) is 57.5 Å². The van der Waals surface area contributed by atoms with Gasteiger partial charge in [0.25, 0.3) is 0 Å². The second-order valence-corrected chi connectivity index (χ2v) is 34.9. The topological polar surface area (TPSA) is 405 Å². The molecule has 7 N–H and O–H groups in total. The van der Waals surface area contributed by atoms with Gasteiger partial charge in [0.2, 0.25) is 0 Å². The summed E-state index contributed by atoms with van der Waals surface area (Å²) in [6.45, 7) is 54.5.